The van der Waals surface area contributed by atoms with Crippen LogP contribution in [0.2, 0.25) is 0 Å². The van der Waals surface area contributed by atoms with Gasteiger partial charge in [0.1, 0.15) is 0 Å². The van der Waals surface area contributed by atoms with Gasteiger partial charge in [-0.25, -0.2) is 0 Å². The number of methoxy groups -OCH3 is 2. The van der Waals surface area contributed by atoms with E-state index in [4.69, 9.17) is 18.9 Å². The Labute approximate surface area is 332 Å². The summed E-state index contributed by atoms with van der Waals surface area (Å²) in [7, 11) is -5.16. The van der Waals surface area contributed by atoms with Crippen LogP contribution in [0.1, 0.15) is 108 Å². The number of rotatable bonds is 25. The first-order valence-electron chi connectivity index (χ1n) is 19.3. The molecule has 4 N–H and O–H groups in total. The largest absolute Gasteiger partial charge is 0.382 e. The first-order chi connectivity index (χ1) is 26.8. The minimum Gasteiger partial charge on any atom is -0.382 e. The smallest absolute Gasteiger partial charge is 0.329 e. The van der Waals surface area contributed by atoms with Crippen LogP contribution in [0.5, 0.6) is 0 Å². The van der Waals surface area contributed by atoms with E-state index in [1.165, 1.54) is 11.1 Å². The first-order valence-corrected chi connectivity index (χ1v) is 22.9. The van der Waals surface area contributed by atoms with Crippen LogP contribution < -0.4 is 0 Å². The van der Waals surface area contributed by atoms with Gasteiger partial charge >= 0.3 is 15.2 Å². The van der Waals surface area contributed by atoms with E-state index in [0.717, 1.165) is 47.9 Å². The van der Waals surface area contributed by atoms with Crippen molar-refractivity contribution in [3.63, 3.8) is 0 Å². The van der Waals surface area contributed by atoms with Crippen molar-refractivity contribution in [2.24, 2.45) is 0 Å². The molecule has 0 radical (unpaired) electrons. The number of benzene rings is 4. The van der Waals surface area contributed by atoms with Gasteiger partial charge in [-0.05, 0) is 93.9 Å². The standard InChI is InChI=1S/C44H60O10P2/c1-5-38(42-11-7-9-37(26-42)32-56(48,49)50)27-44(40-18-14-35(15-19-40)31-55(45,46)47)28-43(39-16-12-34(13-17-39)29-53-22-20-51-3)24-33(2)41-10-6-8-36(25-41)30-54-23-21-52-4/h6-19,25-26,33,38,43-44H,5,20-24,27-32H2,1-4H3,(H2,45,46,47)(H2,48,49,50). The van der Waals surface area contributed by atoms with E-state index >= 15 is 0 Å². The van der Waals surface area contributed by atoms with Crippen LogP contribution in [0, 0.1) is 0 Å². The lowest BCUT2D eigenvalue weighted by Crippen LogP contribution is -2.13. The molecule has 0 heterocycles. The lowest BCUT2D eigenvalue weighted by atomic mass is 9.75. The third-order valence-electron chi connectivity index (χ3n) is 10.3. The van der Waals surface area contributed by atoms with Crippen molar-refractivity contribution in [3.8, 4) is 0 Å². The molecule has 0 spiro atoms. The van der Waals surface area contributed by atoms with Crippen LogP contribution in [0.15, 0.2) is 97.1 Å². The summed E-state index contributed by atoms with van der Waals surface area (Å²) >= 11 is 0. The molecule has 0 aliphatic carbocycles. The number of hydrogen-bond acceptors (Lipinski definition) is 6. The fourth-order valence-electron chi connectivity index (χ4n) is 7.38. The normalized spacial score (nSPS) is 14.4. The lowest BCUT2D eigenvalue weighted by molar-refractivity contribution is 0.0616. The van der Waals surface area contributed by atoms with Gasteiger partial charge in [-0.3, -0.25) is 9.13 Å². The van der Waals surface area contributed by atoms with E-state index in [1.54, 1.807) is 20.3 Å². The average Bonchev–Trinajstić information content (AvgIpc) is 3.16. The molecule has 0 amide bonds. The summed E-state index contributed by atoms with van der Waals surface area (Å²) in [6.07, 6.45) is 2.65. The summed E-state index contributed by atoms with van der Waals surface area (Å²) in [4.78, 5) is 38.7. The molecule has 10 nitrogen and oxygen atoms in total. The van der Waals surface area contributed by atoms with Crippen molar-refractivity contribution in [1.29, 1.82) is 0 Å². The molecular formula is C44H60O10P2. The molecule has 0 aliphatic rings. The molecular weight excluding hydrogens is 750 g/mol. The predicted octanol–water partition coefficient (Wildman–Crippen LogP) is 9.40. The molecule has 306 valence electrons. The van der Waals surface area contributed by atoms with Gasteiger partial charge in [0, 0.05) is 14.2 Å². The van der Waals surface area contributed by atoms with Gasteiger partial charge in [0.15, 0.2) is 0 Å². The highest BCUT2D eigenvalue weighted by molar-refractivity contribution is 7.51. The average molecular weight is 811 g/mol. The first kappa shape index (κ1) is 45.7. The Kier molecular flexibility index (Phi) is 18.6. The maximum atomic E-state index is 11.9. The van der Waals surface area contributed by atoms with Gasteiger partial charge in [-0.2, -0.15) is 0 Å². The summed E-state index contributed by atoms with van der Waals surface area (Å²) in [5.41, 5.74) is 7.95. The summed E-state index contributed by atoms with van der Waals surface area (Å²) < 4.78 is 45.6. The molecule has 4 rings (SSSR count). The Hall–Kier alpha value is -2.98. The Morgan fingerprint density at radius 3 is 1.54 bits per heavy atom. The van der Waals surface area contributed by atoms with Crippen LogP contribution in [-0.4, -0.2) is 60.2 Å². The van der Waals surface area contributed by atoms with Crippen molar-refractivity contribution in [1.82, 2.24) is 0 Å². The van der Waals surface area contributed by atoms with E-state index in [0.29, 0.717) is 50.8 Å². The molecule has 12 heteroatoms. The van der Waals surface area contributed by atoms with E-state index in [9.17, 15) is 28.7 Å². The monoisotopic (exact) mass is 810 g/mol. The molecule has 56 heavy (non-hydrogen) atoms. The van der Waals surface area contributed by atoms with Gasteiger partial charge in [0.25, 0.3) is 0 Å². The second kappa shape index (κ2) is 22.8. The van der Waals surface area contributed by atoms with Crippen LogP contribution in [0.4, 0.5) is 0 Å². The van der Waals surface area contributed by atoms with Gasteiger partial charge in [-0.1, -0.05) is 111 Å². The third kappa shape index (κ3) is 16.1. The second-order valence-electron chi connectivity index (χ2n) is 14.8. The molecule has 0 saturated heterocycles. The zero-order valence-electron chi connectivity index (χ0n) is 33.2. The molecule has 4 aromatic rings. The molecule has 0 aliphatic heterocycles. The second-order valence-corrected chi connectivity index (χ2v) is 18.1. The van der Waals surface area contributed by atoms with Crippen molar-refractivity contribution >= 4 is 15.2 Å². The van der Waals surface area contributed by atoms with Crippen LogP contribution in [0.3, 0.4) is 0 Å². The molecule has 0 bridgehead atoms. The maximum Gasteiger partial charge on any atom is 0.329 e. The Morgan fingerprint density at radius 1 is 0.518 bits per heavy atom. The van der Waals surface area contributed by atoms with Crippen molar-refractivity contribution in [2.45, 2.75) is 88.7 Å². The zero-order valence-corrected chi connectivity index (χ0v) is 35.0. The molecule has 4 unspecified atom stereocenters. The van der Waals surface area contributed by atoms with Crippen molar-refractivity contribution < 1.29 is 47.7 Å². The third-order valence-corrected chi connectivity index (χ3v) is 11.8. The van der Waals surface area contributed by atoms with Gasteiger partial charge in [-0.15, -0.1) is 0 Å². The van der Waals surface area contributed by atoms with E-state index in [2.05, 4.69) is 62.4 Å². The highest BCUT2D eigenvalue weighted by Crippen LogP contribution is 2.44. The van der Waals surface area contributed by atoms with Crippen LogP contribution in [0.25, 0.3) is 0 Å². The summed E-state index contributed by atoms with van der Waals surface area (Å²) in [5, 5.41) is 0. The number of ether oxygens (including phenoxy) is 4. The SMILES string of the molecule is CCC(CC(CC(CC(C)c1cccc(COCCOC)c1)c1ccc(COCCOC)cc1)c1ccc(CP(=O)(O)O)cc1)c1cccc(CP(=O)(O)O)c1. The summed E-state index contributed by atoms with van der Waals surface area (Å²) in [6.45, 7) is 7.53. The van der Waals surface area contributed by atoms with E-state index < -0.39 is 15.2 Å². The fourth-order valence-corrected chi connectivity index (χ4v) is 8.74. The number of hydrogen-bond donors (Lipinski definition) is 4. The Morgan fingerprint density at radius 2 is 0.982 bits per heavy atom. The predicted molar refractivity (Wildman–Crippen MR) is 221 cm³/mol. The topological polar surface area (TPSA) is 152 Å². The lowest BCUT2D eigenvalue weighted by Gasteiger charge is -2.30. The quantitative estimate of drug-likeness (QED) is 0.0376. The van der Waals surface area contributed by atoms with Crippen molar-refractivity contribution in [3.05, 3.63) is 142 Å². The fraction of sp³-hybridized carbons (Fsp3) is 0.455. The van der Waals surface area contributed by atoms with Gasteiger partial charge < -0.3 is 38.5 Å². The molecule has 4 atom stereocenters. The molecule has 0 aromatic heterocycles. The molecule has 4 aromatic carbocycles. The van der Waals surface area contributed by atoms with Crippen molar-refractivity contribution in [2.75, 3.05) is 40.6 Å². The minimum absolute atomic E-state index is 0.0595. The Bertz CT molecular complexity index is 1840. The van der Waals surface area contributed by atoms with Crippen LogP contribution in [-0.2, 0) is 53.6 Å². The Balaban J connectivity index is 1.70. The van der Waals surface area contributed by atoms with E-state index in [1.807, 2.05) is 42.5 Å². The molecule has 0 saturated carbocycles. The zero-order chi connectivity index (χ0) is 40.6. The summed E-state index contributed by atoms with van der Waals surface area (Å²) in [6, 6.07) is 32.5. The van der Waals surface area contributed by atoms with Crippen LogP contribution >= 0.6 is 15.2 Å². The summed E-state index contributed by atoms with van der Waals surface area (Å²) in [5.74, 6) is 0.525. The maximum absolute atomic E-state index is 11.9. The highest BCUT2D eigenvalue weighted by Gasteiger charge is 2.27. The van der Waals surface area contributed by atoms with E-state index in [-0.39, 0.29) is 36.0 Å². The highest BCUT2D eigenvalue weighted by atomic mass is 31.2. The molecule has 0 fully saturated rings. The van der Waals surface area contributed by atoms with Gasteiger partial charge in [0.2, 0.25) is 0 Å². The van der Waals surface area contributed by atoms with Gasteiger partial charge in [0.05, 0.1) is 52.0 Å². The minimum atomic E-state index is -4.24.